The highest BCUT2D eigenvalue weighted by Gasteiger charge is 2.24. The molecular weight excluding hydrogens is 388 g/mol. The van der Waals surface area contributed by atoms with Crippen molar-refractivity contribution >= 4 is 23.5 Å². The summed E-state index contributed by atoms with van der Waals surface area (Å²) in [7, 11) is 3.82. The third-order valence-corrected chi connectivity index (χ3v) is 4.49. The van der Waals surface area contributed by atoms with E-state index in [1.54, 1.807) is 24.4 Å². The van der Waals surface area contributed by atoms with Gasteiger partial charge in [0.2, 0.25) is 5.95 Å². The molecule has 0 unspecified atom stereocenters. The average Bonchev–Trinajstić information content (AvgIpc) is 3.03. The van der Waals surface area contributed by atoms with Crippen LogP contribution in [0.3, 0.4) is 0 Å². The lowest BCUT2D eigenvalue weighted by molar-refractivity contribution is 0.100. The van der Waals surface area contributed by atoms with Crippen molar-refractivity contribution in [2.45, 2.75) is 6.92 Å². The first kappa shape index (κ1) is 20.4. The number of rotatable bonds is 4. The summed E-state index contributed by atoms with van der Waals surface area (Å²) in [5, 5.41) is 0.545. The first-order chi connectivity index (χ1) is 13.8. The van der Waals surface area contributed by atoms with Crippen molar-refractivity contribution in [3.8, 4) is 34.5 Å². The molecule has 0 aliphatic heterocycles. The zero-order valence-electron chi connectivity index (χ0n) is 16.4. The number of nitrogen functional groups attached to an aromatic ring is 1. The van der Waals surface area contributed by atoms with Gasteiger partial charge in [-0.25, -0.2) is 9.97 Å². The molecule has 29 heavy (non-hydrogen) atoms. The number of hydrogen-bond acceptors (Lipinski definition) is 5. The number of amides is 1. The molecule has 0 atom stereocenters. The number of aryl methyl sites for hydroxylation is 1. The van der Waals surface area contributed by atoms with Crippen LogP contribution in [0, 0.1) is 18.8 Å². The lowest BCUT2D eigenvalue weighted by Crippen LogP contribution is -2.14. The Bertz CT molecular complexity index is 1140. The van der Waals surface area contributed by atoms with Gasteiger partial charge in [0, 0.05) is 16.8 Å². The van der Waals surface area contributed by atoms with Gasteiger partial charge in [0.05, 0.1) is 34.8 Å². The second-order valence-corrected chi connectivity index (χ2v) is 7.22. The number of nitrogens with zero attached hydrogens (tertiary/aromatic N) is 3. The topological polar surface area (TPSA) is 114 Å². The summed E-state index contributed by atoms with van der Waals surface area (Å²) in [6, 6.07) is 7.14. The molecule has 8 heteroatoms. The van der Waals surface area contributed by atoms with Crippen molar-refractivity contribution < 1.29 is 4.79 Å². The molecule has 148 valence electrons. The first-order valence-corrected chi connectivity index (χ1v) is 9.20. The van der Waals surface area contributed by atoms with Crippen molar-refractivity contribution in [2.75, 3.05) is 26.4 Å². The molecule has 0 radical (unpaired) electrons. The summed E-state index contributed by atoms with van der Waals surface area (Å²) in [4.78, 5) is 25.9. The number of aromatic nitrogens is 3. The molecule has 1 amide bonds. The minimum Gasteiger partial charge on any atom is -0.368 e. The fourth-order valence-corrected chi connectivity index (χ4v) is 3.10. The molecular formula is C21H21ClN6O. The molecule has 1 aromatic carbocycles. The van der Waals surface area contributed by atoms with Crippen molar-refractivity contribution in [2.24, 2.45) is 5.73 Å². The van der Waals surface area contributed by atoms with Gasteiger partial charge in [-0.15, -0.1) is 0 Å². The Balaban J connectivity index is 2.33. The zero-order valence-corrected chi connectivity index (χ0v) is 17.1. The third-order valence-electron chi connectivity index (χ3n) is 4.25. The van der Waals surface area contributed by atoms with E-state index in [1.165, 1.54) is 0 Å². The second kappa shape index (κ2) is 8.35. The van der Waals surface area contributed by atoms with Crippen LogP contribution in [0.1, 0.15) is 21.5 Å². The molecule has 0 spiro atoms. The Morgan fingerprint density at radius 1 is 1.28 bits per heavy atom. The van der Waals surface area contributed by atoms with E-state index in [0.717, 1.165) is 11.1 Å². The van der Waals surface area contributed by atoms with Gasteiger partial charge in [0.1, 0.15) is 0 Å². The molecule has 0 bridgehead atoms. The van der Waals surface area contributed by atoms with Crippen LogP contribution in [0.15, 0.2) is 30.5 Å². The van der Waals surface area contributed by atoms with Gasteiger partial charge in [-0.3, -0.25) is 9.69 Å². The van der Waals surface area contributed by atoms with Gasteiger partial charge in [-0.2, -0.15) is 0 Å². The second-order valence-electron chi connectivity index (χ2n) is 6.79. The largest absolute Gasteiger partial charge is 0.368 e. The Labute approximate surface area is 174 Å². The highest BCUT2D eigenvalue weighted by Crippen LogP contribution is 2.35. The van der Waals surface area contributed by atoms with Crippen LogP contribution in [-0.2, 0) is 0 Å². The van der Waals surface area contributed by atoms with E-state index < -0.39 is 5.91 Å². The smallest absolute Gasteiger partial charge is 0.252 e. The number of carbonyl (C=O) groups excluding carboxylic acids is 1. The molecule has 3 rings (SSSR count). The molecule has 7 nitrogen and oxygen atoms in total. The van der Waals surface area contributed by atoms with Gasteiger partial charge in [-0.1, -0.05) is 29.5 Å². The number of anilines is 1. The van der Waals surface area contributed by atoms with E-state index >= 15 is 0 Å². The van der Waals surface area contributed by atoms with Crippen molar-refractivity contribution in [1.82, 2.24) is 19.9 Å². The predicted molar refractivity (Wildman–Crippen MR) is 115 cm³/mol. The van der Waals surface area contributed by atoms with Gasteiger partial charge in [0.15, 0.2) is 0 Å². The molecule has 0 aliphatic rings. The Hall–Kier alpha value is -3.34. The van der Waals surface area contributed by atoms with Crippen LogP contribution < -0.4 is 11.5 Å². The molecule has 0 saturated heterocycles. The summed E-state index contributed by atoms with van der Waals surface area (Å²) in [6.45, 7) is 2.44. The number of aromatic amines is 1. The van der Waals surface area contributed by atoms with Crippen LogP contribution in [0.4, 0.5) is 5.95 Å². The van der Waals surface area contributed by atoms with Crippen LogP contribution >= 0.6 is 11.6 Å². The lowest BCUT2D eigenvalue weighted by atomic mass is 9.99. The Morgan fingerprint density at radius 3 is 2.69 bits per heavy atom. The van der Waals surface area contributed by atoms with E-state index in [2.05, 4.69) is 26.8 Å². The fourth-order valence-electron chi connectivity index (χ4n) is 2.93. The highest BCUT2D eigenvalue weighted by molar-refractivity contribution is 6.31. The number of H-pyrrole nitrogens is 1. The maximum absolute atomic E-state index is 12.5. The number of hydrogen-bond donors (Lipinski definition) is 3. The third kappa shape index (κ3) is 4.40. The molecule has 0 aliphatic carbocycles. The summed E-state index contributed by atoms with van der Waals surface area (Å²) >= 11 is 6.20. The van der Waals surface area contributed by atoms with Crippen LogP contribution in [0.2, 0.25) is 5.02 Å². The number of nitrogens with two attached hydrogens (primary N) is 2. The van der Waals surface area contributed by atoms with Crippen molar-refractivity contribution in [1.29, 1.82) is 0 Å². The number of carbonyl (C=O) groups is 1. The van der Waals surface area contributed by atoms with Crippen molar-refractivity contribution in [3.63, 3.8) is 0 Å². The van der Waals surface area contributed by atoms with Crippen LogP contribution in [-0.4, -0.2) is 46.4 Å². The molecule has 3 aromatic rings. The normalized spacial score (nSPS) is 10.7. The van der Waals surface area contributed by atoms with Crippen molar-refractivity contribution in [3.05, 3.63) is 52.2 Å². The van der Waals surface area contributed by atoms with Gasteiger partial charge < -0.3 is 16.5 Å². The van der Waals surface area contributed by atoms with E-state index in [-0.39, 0.29) is 11.5 Å². The van der Waals surface area contributed by atoms with E-state index in [0.29, 0.717) is 34.2 Å². The van der Waals surface area contributed by atoms with Gasteiger partial charge in [-0.05, 0) is 44.8 Å². The van der Waals surface area contributed by atoms with E-state index in [9.17, 15) is 4.79 Å². The SMILES string of the molecule is Cc1ccc(Cl)cc1-c1[nH]c(-c2ccnc(N)n2)c(C#CCN(C)C)c1C(N)=O. The molecule has 5 N–H and O–H groups in total. The Kier molecular flexibility index (Phi) is 5.87. The molecule has 2 heterocycles. The number of nitrogens with one attached hydrogen (secondary N) is 1. The van der Waals surface area contributed by atoms with E-state index in [1.807, 2.05) is 32.0 Å². The quantitative estimate of drug-likeness (QED) is 0.574. The fraction of sp³-hybridized carbons (Fsp3) is 0.190. The minimum atomic E-state index is -0.599. The van der Waals surface area contributed by atoms with Crippen LogP contribution in [0.5, 0.6) is 0 Å². The lowest BCUT2D eigenvalue weighted by Gasteiger charge is -2.07. The number of primary amides is 1. The maximum atomic E-state index is 12.5. The monoisotopic (exact) mass is 408 g/mol. The average molecular weight is 409 g/mol. The van der Waals surface area contributed by atoms with Gasteiger partial charge in [0.25, 0.3) is 5.91 Å². The summed E-state index contributed by atoms with van der Waals surface area (Å²) < 4.78 is 0. The summed E-state index contributed by atoms with van der Waals surface area (Å²) in [6.07, 6.45) is 1.55. The van der Waals surface area contributed by atoms with Crippen LogP contribution in [0.25, 0.3) is 22.6 Å². The predicted octanol–water partition coefficient (Wildman–Crippen LogP) is 2.69. The minimum absolute atomic E-state index is 0.116. The molecule has 0 saturated carbocycles. The highest BCUT2D eigenvalue weighted by atomic mass is 35.5. The first-order valence-electron chi connectivity index (χ1n) is 8.82. The molecule has 0 fully saturated rings. The summed E-state index contributed by atoms with van der Waals surface area (Å²) in [5.74, 6) is 5.66. The number of halogens is 1. The molecule has 2 aromatic heterocycles. The number of benzene rings is 1. The summed E-state index contributed by atoms with van der Waals surface area (Å²) in [5.41, 5.74) is 15.6. The Morgan fingerprint density at radius 2 is 2.03 bits per heavy atom. The van der Waals surface area contributed by atoms with Gasteiger partial charge >= 0.3 is 0 Å². The van der Waals surface area contributed by atoms with E-state index in [4.69, 9.17) is 23.1 Å². The zero-order chi connectivity index (χ0) is 21.1. The maximum Gasteiger partial charge on any atom is 0.252 e. The standard InChI is InChI=1S/C21H21ClN6O/c1-12-6-7-13(22)11-15(12)19-17(20(23)29)14(5-4-10-28(2)3)18(27-19)16-8-9-25-21(24)26-16/h6-9,11,27H,10H2,1-3H3,(H2,23,29)(H2,24,25,26).